The second-order valence-electron chi connectivity index (χ2n) is 7.25. The van der Waals surface area contributed by atoms with Crippen molar-refractivity contribution in [3.05, 3.63) is 71.8 Å². The van der Waals surface area contributed by atoms with Gasteiger partial charge in [-0.05, 0) is 30.4 Å². The van der Waals surface area contributed by atoms with Crippen LogP contribution in [0.1, 0.15) is 43.2 Å². The molecule has 2 aromatic carbocycles. The molecule has 4 rings (SSSR count). The Bertz CT molecular complexity index is 584. The van der Waals surface area contributed by atoms with Crippen LogP contribution in [0, 0.1) is 0 Å². The Morgan fingerprint density at radius 3 is 1.74 bits per heavy atom. The summed E-state index contributed by atoms with van der Waals surface area (Å²) in [5.74, 6) is 0. The molecule has 0 spiro atoms. The maximum absolute atomic E-state index is 11.7. The maximum atomic E-state index is 11.7. The molecule has 2 nitrogen and oxygen atoms in total. The van der Waals surface area contributed by atoms with Gasteiger partial charge in [0.25, 0.3) is 0 Å². The molecule has 2 saturated heterocycles. The van der Waals surface area contributed by atoms with Crippen molar-refractivity contribution in [2.24, 2.45) is 0 Å². The zero-order valence-corrected chi connectivity index (χ0v) is 13.6. The number of hydrogen-bond acceptors (Lipinski definition) is 1. The lowest BCUT2D eigenvalue weighted by Crippen LogP contribution is -3.19. The molecule has 1 unspecified atom stereocenters. The van der Waals surface area contributed by atoms with Gasteiger partial charge in [-0.15, -0.1) is 0 Å². The SMILES string of the molecule is OC(C[NH+]1[C@@H]2CCC[C@H]1CC2)(c1ccccc1)c1ccccc1. The Labute approximate surface area is 138 Å². The van der Waals surface area contributed by atoms with Gasteiger partial charge < -0.3 is 10.0 Å². The van der Waals surface area contributed by atoms with Crippen LogP contribution in [-0.4, -0.2) is 23.7 Å². The average Bonchev–Trinajstić information content (AvgIpc) is 2.83. The van der Waals surface area contributed by atoms with E-state index in [9.17, 15) is 5.11 Å². The van der Waals surface area contributed by atoms with E-state index >= 15 is 0 Å². The molecule has 2 bridgehead atoms. The van der Waals surface area contributed by atoms with Gasteiger partial charge in [0.2, 0.25) is 0 Å². The van der Waals surface area contributed by atoms with Crippen molar-refractivity contribution in [3.63, 3.8) is 0 Å². The van der Waals surface area contributed by atoms with Crippen molar-refractivity contribution in [1.82, 2.24) is 0 Å². The monoisotopic (exact) mass is 308 g/mol. The minimum atomic E-state index is -0.893. The Morgan fingerprint density at radius 2 is 1.26 bits per heavy atom. The highest BCUT2D eigenvalue weighted by molar-refractivity contribution is 5.35. The van der Waals surface area contributed by atoms with Crippen LogP contribution in [0.15, 0.2) is 60.7 Å². The first kappa shape index (κ1) is 14.9. The Kier molecular flexibility index (Phi) is 3.96. The highest BCUT2D eigenvalue weighted by atomic mass is 16.3. The summed E-state index contributed by atoms with van der Waals surface area (Å²) in [5.41, 5.74) is 1.14. The van der Waals surface area contributed by atoms with E-state index < -0.39 is 5.60 Å². The Hall–Kier alpha value is -1.64. The van der Waals surface area contributed by atoms with E-state index in [1.165, 1.54) is 32.1 Å². The highest BCUT2D eigenvalue weighted by Gasteiger charge is 2.46. The minimum Gasteiger partial charge on any atom is -0.375 e. The fourth-order valence-electron chi connectivity index (χ4n) is 4.76. The van der Waals surface area contributed by atoms with Gasteiger partial charge >= 0.3 is 0 Å². The maximum Gasteiger partial charge on any atom is 0.163 e. The van der Waals surface area contributed by atoms with E-state index in [0.717, 1.165) is 29.8 Å². The first-order valence-corrected chi connectivity index (χ1v) is 8.96. The lowest BCUT2D eigenvalue weighted by atomic mass is 9.84. The topological polar surface area (TPSA) is 24.7 Å². The van der Waals surface area contributed by atoms with Crippen molar-refractivity contribution in [2.75, 3.05) is 6.54 Å². The third-order valence-corrected chi connectivity index (χ3v) is 5.98. The van der Waals surface area contributed by atoms with Crippen LogP contribution in [0.25, 0.3) is 0 Å². The van der Waals surface area contributed by atoms with Crippen molar-refractivity contribution in [3.8, 4) is 0 Å². The molecular weight excluding hydrogens is 282 g/mol. The van der Waals surface area contributed by atoms with Crippen LogP contribution in [0.4, 0.5) is 0 Å². The molecular formula is C21H26NO+. The van der Waals surface area contributed by atoms with Crippen molar-refractivity contribution < 1.29 is 10.0 Å². The molecule has 2 fully saturated rings. The third-order valence-electron chi connectivity index (χ3n) is 5.98. The van der Waals surface area contributed by atoms with Crippen LogP contribution in [0.5, 0.6) is 0 Å². The average molecular weight is 308 g/mol. The molecule has 0 saturated carbocycles. The molecule has 3 atom stereocenters. The summed E-state index contributed by atoms with van der Waals surface area (Å²) in [6.45, 7) is 0.788. The lowest BCUT2D eigenvalue weighted by molar-refractivity contribution is -0.947. The molecule has 0 aliphatic carbocycles. The zero-order chi connectivity index (χ0) is 15.7. The molecule has 2 N–H and O–H groups in total. The molecule has 2 aliphatic rings. The molecule has 2 aromatic rings. The number of piperidine rings is 1. The first-order valence-electron chi connectivity index (χ1n) is 8.96. The van der Waals surface area contributed by atoms with Gasteiger partial charge in [0.15, 0.2) is 5.60 Å². The zero-order valence-electron chi connectivity index (χ0n) is 13.6. The van der Waals surface area contributed by atoms with Gasteiger partial charge in [-0.3, -0.25) is 0 Å². The molecule has 2 heteroatoms. The predicted octanol–water partition coefficient (Wildman–Crippen LogP) is 2.52. The quantitative estimate of drug-likeness (QED) is 0.891. The fraction of sp³-hybridized carbons (Fsp3) is 0.429. The smallest absolute Gasteiger partial charge is 0.163 e. The number of aliphatic hydroxyl groups is 1. The fourth-order valence-corrected chi connectivity index (χ4v) is 4.76. The van der Waals surface area contributed by atoms with Gasteiger partial charge in [-0.1, -0.05) is 60.7 Å². The van der Waals surface area contributed by atoms with E-state index in [1.807, 2.05) is 36.4 Å². The van der Waals surface area contributed by atoms with Gasteiger partial charge in [0.1, 0.15) is 6.54 Å². The lowest BCUT2D eigenvalue weighted by Gasteiger charge is -2.38. The number of quaternary nitrogens is 1. The van der Waals surface area contributed by atoms with Gasteiger partial charge in [-0.25, -0.2) is 0 Å². The molecule has 120 valence electrons. The van der Waals surface area contributed by atoms with Gasteiger partial charge in [0.05, 0.1) is 12.1 Å². The molecule has 0 radical (unpaired) electrons. The summed E-state index contributed by atoms with van der Waals surface area (Å²) in [6, 6.07) is 21.9. The molecule has 23 heavy (non-hydrogen) atoms. The number of benzene rings is 2. The van der Waals surface area contributed by atoms with Crippen LogP contribution in [0.2, 0.25) is 0 Å². The minimum absolute atomic E-state index is 0.743. The predicted molar refractivity (Wildman–Crippen MR) is 92.4 cm³/mol. The van der Waals surface area contributed by atoms with E-state index in [1.54, 1.807) is 4.90 Å². The second kappa shape index (κ2) is 6.10. The number of hydrogen-bond donors (Lipinski definition) is 2. The Morgan fingerprint density at radius 1 is 0.783 bits per heavy atom. The van der Waals surface area contributed by atoms with Crippen LogP contribution >= 0.6 is 0 Å². The first-order chi connectivity index (χ1) is 11.3. The molecule has 2 aliphatic heterocycles. The summed E-state index contributed by atoms with van der Waals surface area (Å²) in [5, 5.41) is 11.7. The van der Waals surface area contributed by atoms with E-state index in [-0.39, 0.29) is 0 Å². The van der Waals surface area contributed by atoms with E-state index in [4.69, 9.17) is 0 Å². The highest BCUT2D eigenvalue weighted by Crippen LogP contribution is 2.30. The summed E-state index contributed by atoms with van der Waals surface area (Å²) in [4.78, 5) is 1.63. The standard InChI is InChI=1S/C21H25NO/c23-21(17-8-3-1-4-9-17,18-10-5-2-6-11-18)16-22-19-12-7-13-20(22)15-14-19/h1-6,8-11,19-20,23H,7,12-16H2/p+1/t19-,20+. The van der Waals surface area contributed by atoms with Crippen molar-refractivity contribution >= 4 is 0 Å². The summed E-state index contributed by atoms with van der Waals surface area (Å²) in [7, 11) is 0. The molecule has 2 heterocycles. The van der Waals surface area contributed by atoms with Crippen LogP contribution < -0.4 is 4.90 Å². The third kappa shape index (κ3) is 2.71. The van der Waals surface area contributed by atoms with Crippen molar-refractivity contribution in [1.29, 1.82) is 0 Å². The number of fused-ring (bicyclic) bond motifs is 2. The van der Waals surface area contributed by atoms with Crippen LogP contribution in [-0.2, 0) is 5.60 Å². The Balaban J connectivity index is 1.71. The van der Waals surface area contributed by atoms with Gasteiger partial charge in [-0.2, -0.15) is 0 Å². The molecule has 0 aromatic heterocycles. The van der Waals surface area contributed by atoms with Crippen molar-refractivity contribution in [2.45, 2.75) is 49.8 Å². The van der Waals surface area contributed by atoms with Crippen LogP contribution in [0.3, 0.4) is 0 Å². The second-order valence-corrected chi connectivity index (χ2v) is 7.25. The largest absolute Gasteiger partial charge is 0.375 e. The number of nitrogens with one attached hydrogen (secondary N) is 1. The molecule has 0 amide bonds. The van der Waals surface area contributed by atoms with Gasteiger partial charge in [0, 0.05) is 12.8 Å². The van der Waals surface area contributed by atoms with E-state index in [2.05, 4.69) is 24.3 Å². The normalized spacial score (nSPS) is 27.1. The summed E-state index contributed by atoms with van der Waals surface area (Å²) in [6.07, 6.45) is 6.68. The van der Waals surface area contributed by atoms with E-state index in [0.29, 0.717) is 0 Å². The summed E-state index contributed by atoms with van der Waals surface area (Å²) >= 11 is 0. The summed E-state index contributed by atoms with van der Waals surface area (Å²) < 4.78 is 0. The number of rotatable bonds is 4.